The van der Waals surface area contributed by atoms with Crippen molar-refractivity contribution in [2.45, 2.75) is 53.4 Å². The van der Waals surface area contributed by atoms with E-state index in [4.69, 9.17) is 0 Å². The van der Waals surface area contributed by atoms with Crippen molar-refractivity contribution in [2.24, 2.45) is 11.3 Å². The van der Waals surface area contributed by atoms with Crippen molar-refractivity contribution >= 4 is 9.84 Å². The van der Waals surface area contributed by atoms with Gasteiger partial charge in [-0.05, 0) is 37.1 Å². The molecule has 110 valence electrons. The molecule has 0 heterocycles. The van der Waals surface area contributed by atoms with Crippen molar-refractivity contribution in [3.8, 4) is 0 Å². The van der Waals surface area contributed by atoms with E-state index >= 15 is 0 Å². The summed E-state index contributed by atoms with van der Waals surface area (Å²) in [4.78, 5) is 0. The molecule has 0 spiro atoms. The van der Waals surface area contributed by atoms with Crippen LogP contribution in [-0.2, 0) is 9.84 Å². The van der Waals surface area contributed by atoms with Crippen LogP contribution in [0, 0.1) is 11.3 Å². The number of hydrogen-bond donors (Lipinski definition) is 1. The average Bonchev–Trinajstić information content (AvgIpc) is 2.14. The molecular weight excluding hydrogens is 246 g/mol. The summed E-state index contributed by atoms with van der Waals surface area (Å²) >= 11 is 0. The molecule has 0 saturated heterocycles. The number of sulfone groups is 1. The minimum atomic E-state index is -2.82. The fourth-order valence-electron chi connectivity index (χ4n) is 2.33. The first kappa shape index (κ1) is 17.9. The highest BCUT2D eigenvalue weighted by molar-refractivity contribution is 7.90. The van der Waals surface area contributed by atoms with Crippen molar-refractivity contribution < 1.29 is 8.42 Å². The van der Waals surface area contributed by atoms with Crippen LogP contribution in [0.3, 0.4) is 0 Å². The first-order valence-electron chi connectivity index (χ1n) is 7.07. The third-order valence-electron chi connectivity index (χ3n) is 3.25. The van der Waals surface area contributed by atoms with Crippen molar-refractivity contribution in [3.63, 3.8) is 0 Å². The molecule has 0 aromatic rings. The molecule has 0 aliphatic rings. The summed E-state index contributed by atoms with van der Waals surface area (Å²) in [6, 6.07) is 0. The van der Waals surface area contributed by atoms with Crippen molar-refractivity contribution in [1.29, 1.82) is 0 Å². The van der Waals surface area contributed by atoms with E-state index in [1.165, 1.54) is 6.26 Å². The number of hydrogen-bond acceptors (Lipinski definition) is 3. The number of rotatable bonds is 10. The minimum absolute atomic E-state index is 0.230. The van der Waals surface area contributed by atoms with E-state index in [0.717, 1.165) is 38.8 Å². The van der Waals surface area contributed by atoms with Crippen LogP contribution in [0.1, 0.15) is 53.4 Å². The van der Waals surface area contributed by atoms with Crippen LogP contribution >= 0.6 is 0 Å². The number of nitrogens with one attached hydrogen (secondary N) is 1. The van der Waals surface area contributed by atoms with Crippen LogP contribution in [0.15, 0.2) is 0 Å². The van der Waals surface area contributed by atoms with Gasteiger partial charge in [0.1, 0.15) is 9.84 Å². The molecule has 3 nitrogen and oxygen atoms in total. The van der Waals surface area contributed by atoms with Gasteiger partial charge in [0.15, 0.2) is 0 Å². The van der Waals surface area contributed by atoms with E-state index in [9.17, 15) is 8.42 Å². The molecule has 1 unspecified atom stereocenters. The van der Waals surface area contributed by atoms with Gasteiger partial charge < -0.3 is 5.32 Å². The summed E-state index contributed by atoms with van der Waals surface area (Å²) in [5.74, 6) is 0.975. The molecule has 0 saturated carbocycles. The maximum absolute atomic E-state index is 11.2. The zero-order valence-corrected chi connectivity index (χ0v) is 13.6. The topological polar surface area (TPSA) is 46.2 Å². The Bertz CT molecular complexity index is 312. The van der Waals surface area contributed by atoms with E-state index < -0.39 is 9.84 Å². The molecule has 0 aliphatic heterocycles. The Hall–Kier alpha value is -0.0900. The highest BCUT2D eigenvalue weighted by Crippen LogP contribution is 2.28. The van der Waals surface area contributed by atoms with Crippen LogP contribution in [0.2, 0.25) is 0 Å². The van der Waals surface area contributed by atoms with Gasteiger partial charge in [0.05, 0.1) is 0 Å². The lowest BCUT2D eigenvalue weighted by Crippen LogP contribution is -2.34. The molecule has 0 aliphatic carbocycles. The SMILES string of the molecule is CCCC(C)(CCCS(C)(=O)=O)CNCC(C)C. The lowest BCUT2D eigenvalue weighted by atomic mass is 9.81. The second kappa shape index (κ2) is 8.16. The molecule has 1 N–H and O–H groups in total. The predicted octanol–water partition coefficient (Wildman–Crippen LogP) is 2.86. The average molecular weight is 277 g/mol. The molecule has 0 radical (unpaired) electrons. The molecule has 18 heavy (non-hydrogen) atoms. The molecule has 1 atom stereocenters. The monoisotopic (exact) mass is 277 g/mol. The summed E-state index contributed by atoms with van der Waals surface area (Å²) in [5.41, 5.74) is 0.230. The molecule has 0 aromatic carbocycles. The van der Waals surface area contributed by atoms with Crippen LogP contribution in [0.4, 0.5) is 0 Å². The standard InChI is InChI=1S/C14H31NO2S/c1-6-8-14(4,12-15-11-13(2)3)9-7-10-18(5,16)17/h13,15H,6-12H2,1-5H3. The van der Waals surface area contributed by atoms with E-state index in [1.807, 2.05) is 0 Å². The predicted molar refractivity (Wildman–Crippen MR) is 79.7 cm³/mol. The van der Waals surface area contributed by atoms with Crippen molar-refractivity contribution in [2.75, 3.05) is 25.1 Å². The summed E-state index contributed by atoms with van der Waals surface area (Å²) in [5, 5.41) is 3.51. The lowest BCUT2D eigenvalue weighted by Gasteiger charge is -2.30. The van der Waals surface area contributed by atoms with E-state index in [-0.39, 0.29) is 5.41 Å². The van der Waals surface area contributed by atoms with Gasteiger partial charge in [-0.3, -0.25) is 0 Å². The zero-order valence-electron chi connectivity index (χ0n) is 12.8. The highest BCUT2D eigenvalue weighted by atomic mass is 32.2. The Kier molecular flexibility index (Phi) is 8.11. The Balaban J connectivity index is 4.16. The minimum Gasteiger partial charge on any atom is -0.316 e. The molecule has 0 fully saturated rings. The molecule has 0 bridgehead atoms. The van der Waals surface area contributed by atoms with Gasteiger partial charge in [0.25, 0.3) is 0 Å². The van der Waals surface area contributed by atoms with Gasteiger partial charge >= 0.3 is 0 Å². The Morgan fingerprint density at radius 1 is 1.22 bits per heavy atom. The lowest BCUT2D eigenvalue weighted by molar-refractivity contribution is 0.250. The van der Waals surface area contributed by atoms with Crippen LogP contribution in [-0.4, -0.2) is 33.5 Å². The van der Waals surface area contributed by atoms with Gasteiger partial charge in [-0.25, -0.2) is 8.42 Å². The molecular formula is C14H31NO2S. The van der Waals surface area contributed by atoms with E-state index in [1.54, 1.807) is 0 Å². The smallest absolute Gasteiger partial charge is 0.147 e. The summed E-state index contributed by atoms with van der Waals surface area (Å²) in [7, 11) is -2.82. The molecule has 0 rings (SSSR count). The summed E-state index contributed by atoms with van der Waals surface area (Å²) < 4.78 is 22.3. The fraction of sp³-hybridized carbons (Fsp3) is 1.00. The maximum atomic E-state index is 11.2. The van der Waals surface area contributed by atoms with Crippen molar-refractivity contribution in [1.82, 2.24) is 5.32 Å². The fourth-order valence-corrected chi connectivity index (χ4v) is 3.00. The third kappa shape index (κ3) is 9.89. The Morgan fingerprint density at radius 2 is 1.83 bits per heavy atom. The summed E-state index contributed by atoms with van der Waals surface area (Å²) in [6.07, 6.45) is 5.39. The van der Waals surface area contributed by atoms with Gasteiger partial charge in [-0.1, -0.05) is 34.1 Å². The summed E-state index contributed by atoms with van der Waals surface area (Å²) in [6.45, 7) is 10.9. The van der Waals surface area contributed by atoms with Gasteiger partial charge in [0.2, 0.25) is 0 Å². The molecule has 0 aromatic heterocycles. The van der Waals surface area contributed by atoms with Crippen molar-refractivity contribution in [3.05, 3.63) is 0 Å². The second-order valence-electron chi connectivity index (χ2n) is 6.32. The highest BCUT2D eigenvalue weighted by Gasteiger charge is 2.23. The van der Waals surface area contributed by atoms with E-state index in [0.29, 0.717) is 11.7 Å². The Labute approximate surface area is 114 Å². The molecule has 0 amide bonds. The zero-order chi connectivity index (χ0) is 14.2. The van der Waals surface area contributed by atoms with E-state index in [2.05, 4.69) is 33.0 Å². The van der Waals surface area contributed by atoms with Gasteiger partial charge in [0, 0.05) is 18.6 Å². The van der Waals surface area contributed by atoms with Crippen LogP contribution in [0.25, 0.3) is 0 Å². The quantitative estimate of drug-likeness (QED) is 0.668. The van der Waals surface area contributed by atoms with Crippen LogP contribution in [0.5, 0.6) is 0 Å². The first-order valence-corrected chi connectivity index (χ1v) is 9.13. The second-order valence-corrected chi connectivity index (χ2v) is 8.58. The van der Waals surface area contributed by atoms with Crippen LogP contribution < -0.4 is 5.32 Å². The van der Waals surface area contributed by atoms with Gasteiger partial charge in [-0.2, -0.15) is 0 Å². The first-order chi connectivity index (χ1) is 8.18. The third-order valence-corrected chi connectivity index (χ3v) is 4.28. The normalized spacial score (nSPS) is 15.9. The molecule has 4 heteroatoms. The van der Waals surface area contributed by atoms with Gasteiger partial charge in [-0.15, -0.1) is 0 Å². The Morgan fingerprint density at radius 3 is 2.28 bits per heavy atom. The maximum Gasteiger partial charge on any atom is 0.147 e. The largest absolute Gasteiger partial charge is 0.316 e.